The molecule has 2 heterocycles. The molecule has 0 aromatic heterocycles. The van der Waals surface area contributed by atoms with E-state index in [1.165, 1.54) is 31.4 Å². The van der Waals surface area contributed by atoms with Gasteiger partial charge in [-0.15, -0.1) is 0 Å². The van der Waals surface area contributed by atoms with Gasteiger partial charge in [-0.05, 0) is 29.3 Å². The minimum Gasteiger partial charge on any atom is -0.508 e. The molecule has 0 bridgehead atoms. The highest BCUT2D eigenvalue weighted by Gasteiger charge is 2.43. The van der Waals surface area contributed by atoms with Crippen LogP contribution in [0.1, 0.15) is 27.6 Å². The summed E-state index contributed by atoms with van der Waals surface area (Å²) in [5.74, 6) is -4.55. The Hall–Kier alpha value is -4.81. The summed E-state index contributed by atoms with van der Waals surface area (Å²) in [5.41, 5.74) is 0.132. The fourth-order valence-electron chi connectivity index (χ4n) is 4.38. The molecule has 37 heavy (non-hydrogen) atoms. The summed E-state index contributed by atoms with van der Waals surface area (Å²) < 4.78 is 21.6. The third-order valence-electron chi connectivity index (χ3n) is 6.03. The summed E-state index contributed by atoms with van der Waals surface area (Å²) in [7, 11) is 1.33. The number of rotatable bonds is 4. The zero-order valence-corrected chi connectivity index (χ0v) is 19.0. The van der Waals surface area contributed by atoms with Crippen molar-refractivity contribution in [1.82, 2.24) is 0 Å². The number of carbonyl (C=O) groups excluding carboxylic acids is 1. The molecule has 0 saturated heterocycles. The molecule has 0 spiro atoms. The van der Waals surface area contributed by atoms with E-state index in [2.05, 4.69) is 0 Å². The minimum absolute atomic E-state index is 0.0149. The van der Waals surface area contributed by atoms with Crippen LogP contribution in [0.5, 0.6) is 40.2 Å². The first kappa shape index (κ1) is 23.9. The van der Waals surface area contributed by atoms with Gasteiger partial charge in [-0.3, -0.25) is 4.79 Å². The van der Waals surface area contributed by atoms with Gasteiger partial charge in [0.25, 0.3) is 0 Å². The van der Waals surface area contributed by atoms with Crippen LogP contribution in [-0.2, 0) is 6.61 Å². The van der Waals surface area contributed by atoms with E-state index in [0.29, 0.717) is 5.56 Å². The number of phenols is 3. The Morgan fingerprint density at radius 3 is 2.35 bits per heavy atom. The highest BCUT2D eigenvalue weighted by atomic mass is 16.7. The first-order chi connectivity index (χ1) is 17.6. The van der Waals surface area contributed by atoms with Crippen molar-refractivity contribution in [3.63, 3.8) is 0 Å². The third kappa shape index (κ3) is 3.75. The molecular weight excluding hydrogens is 492 g/mol. The number of fused-ring (bicyclic) bond motifs is 2. The molecule has 192 valence electrons. The average molecular weight is 512 g/mol. The molecule has 7 N–H and O–H groups in total. The maximum atomic E-state index is 13.1. The number of aliphatic hydroxyl groups is 4. The van der Waals surface area contributed by atoms with Gasteiger partial charge in [-0.1, -0.05) is 6.07 Å². The number of aromatic hydroxyl groups is 3. The van der Waals surface area contributed by atoms with Gasteiger partial charge in [-0.25, -0.2) is 0 Å². The van der Waals surface area contributed by atoms with E-state index in [-0.39, 0.29) is 51.0 Å². The number of hydrogen-bond donors (Lipinski definition) is 7. The molecule has 2 aliphatic rings. The second-order valence-corrected chi connectivity index (χ2v) is 8.19. The standard InChI is InChI=1S/C25H20O12/c1-34-15-4-9(2-3-13(15)28)11-7-17-22(37-25(33)24(32)36-17)12(8-26)18(11)23-21(31)20(30)19-14(29)5-10(27)6-16(19)35-23/h2-7,21,23,26-29,31-33H,8H2,1H3. The molecule has 2 atom stereocenters. The first-order valence-electron chi connectivity index (χ1n) is 10.7. The molecule has 12 heteroatoms. The zero-order valence-electron chi connectivity index (χ0n) is 19.0. The molecule has 0 radical (unpaired) electrons. The Morgan fingerprint density at radius 1 is 0.919 bits per heavy atom. The molecular formula is C25H20O12. The zero-order chi connectivity index (χ0) is 26.6. The molecule has 0 fully saturated rings. The normalized spacial score (nSPS) is 18.3. The van der Waals surface area contributed by atoms with Crippen LogP contribution in [0, 0.1) is 0 Å². The number of phenolic OH excluding ortho intramolecular Hbond substituents is 3. The van der Waals surface area contributed by atoms with E-state index in [9.17, 15) is 40.5 Å². The van der Waals surface area contributed by atoms with Gasteiger partial charge >= 0.3 is 11.9 Å². The number of Topliss-reactive ketones (excluding diaryl/α,β-unsaturated/α-hetero) is 1. The van der Waals surface area contributed by atoms with Crippen LogP contribution in [0.15, 0.2) is 48.3 Å². The van der Waals surface area contributed by atoms with Gasteiger partial charge in [0.2, 0.25) is 5.78 Å². The Morgan fingerprint density at radius 2 is 1.65 bits per heavy atom. The summed E-state index contributed by atoms with van der Waals surface area (Å²) in [5, 5.41) is 71.2. The summed E-state index contributed by atoms with van der Waals surface area (Å²) in [6.07, 6.45) is -3.42. The van der Waals surface area contributed by atoms with Gasteiger partial charge in [0.1, 0.15) is 22.8 Å². The molecule has 0 saturated carbocycles. The third-order valence-corrected chi connectivity index (χ3v) is 6.03. The summed E-state index contributed by atoms with van der Waals surface area (Å²) >= 11 is 0. The van der Waals surface area contributed by atoms with Crippen molar-refractivity contribution in [1.29, 1.82) is 0 Å². The maximum absolute atomic E-state index is 13.1. The van der Waals surface area contributed by atoms with Gasteiger partial charge in [0.05, 0.1) is 13.7 Å². The number of hydrogen-bond acceptors (Lipinski definition) is 12. The van der Waals surface area contributed by atoms with E-state index in [4.69, 9.17) is 18.9 Å². The lowest BCUT2D eigenvalue weighted by Crippen LogP contribution is -2.37. The van der Waals surface area contributed by atoms with Crippen LogP contribution in [0.25, 0.3) is 11.1 Å². The summed E-state index contributed by atoms with van der Waals surface area (Å²) in [6, 6.07) is 7.58. The maximum Gasteiger partial charge on any atom is 0.367 e. The van der Waals surface area contributed by atoms with Crippen LogP contribution < -0.4 is 18.9 Å². The van der Waals surface area contributed by atoms with Crippen molar-refractivity contribution in [2.24, 2.45) is 0 Å². The topological polar surface area (TPSA) is 196 Å². The van der Waals surface area contributed by atoms with Gasteiger partial charge in [-0.2, -0.15) is 0 Å². The highest BCUT2D eigenvalue weighted by Crippen LogP contribution is 2.50. The van der Waals surface area contributed by atoms with Crippen molar-refractivity contribution >= 4 is 5.78 Å². The number of carbonyl (C=O) groups is 1. The van der Waals surface area contributed by atoms with Crippen molar-refractivity contribution in [2.75, 3.05) is 7.11 Å². The highest BCUT2D eigenvalue weighted by molar-refractivity contribution is 6.06. The molecule has 5 rings (SSSR count). The number of ether oxygens (including phenoxy) is 4. The van der Waals surface area contributed by atoms with Crippen LogP contribution in [-0.4, -0.2) is 54.7 Å². The van der Waals surface area contributed by atoms with Gasteiger partial charge in [0, 0.05) is 23.3 Å². The fraction of sp³-hybridized carbons (Fsp3) is 0.160. The van der Waals surface area contributed by atoms with Crippen LogP contribution in [0.2, 0.25) is 0 Å². The molecule has 12 nitrogen and oxygen atoms in total. The first-order valence-corrected chi connectivity index (χ1v) is 10.7. The Bertz CT molecular complexity index is 1480. The smallest absolute Gasteiger partial charge is 0.367 e. The number of methoxy groups -OCH3 is 1. The lowest BCUT2D eigenvalue weighted by Gasteiger charge is -2.33. The number of benzene rings is 3. The second kappa shape index (κ2) is 8.69. The van der Waals surface area contributed by atoms with Crippen LogP contribution >= 0.6 is 0 Å². The van der Waals surface area contributed by atoms with E-state index in [0.717, 1.165) is 12.1 Å². The minimum atomic E-state index is -1.90. The number of aliphatic hydroxyl groups excluding tert-OH is 4. The monoisotopic (exact) mass is 512 g/mol. The van der Waals surface area contributed by atoms with E-state index >= 15 is 0 Å². The predicted molar refractivity (Wildman–Crippen MR) is 123 cm³/mol. The van der Waals surface area contributed by atoms with E-state index in [1.54, 1.807) is 0 Å². The largest absolute Gasteiger partial charge is 0.508 e. The lowest BCUT2D eigenvalue weighted by molar-refractivity contribution is 0.0201. The molecule has 2 unspecified atom stereocenters. The molecule has 3 aromatic carbocycles. The summed E-state index contributed by atoms with van der Waals surface area (Å²) in [4.78, 5) is 13.1. The molecule has 3 aromatic rings. The van der Waals surface area contributed by atoms with E-state index in [1.807, 2.05) is 0 Å². The van der Waals surface area contributed by atoms with Crippen molar-refractivity contribution in [2.45, 2.75) is 18.8 Å². The van der Waals surface area contributed by atoms with Gasteiger partial charge < -0.3 is 54.7 Å². The molecule has 0 amide bonds. The fourth-order valence-corrected chi connectivity index (χ4v) is 4.38. The quantitative estimate of drug-likeness (QED) is 0.270. The lowest BCUT2D eigenvalue weighted by atomic mass is 9.85. The van der Waals surface area contributed by atoms with Crippen molar-refractivity contribution < 1.29 is 59.5 Å². The predicted octanol–water partition coefficient (Wildman–Crippen LogP) is 2.66. The average Bonchev–Trinajstić information content (AvgIpc) is 2.86. The Kier molecular flexibility index (Phi) is 5.62. The second-order valence-electron chi connectivity index (χ2n) is 8.19. The van der Waals surface area contributed by atoms with E-state index < -0.39 is 48.0 Å². The van der Waals surface area contributed by atoms with Crippen LogP contribution in [0.3, 0.4) is 0 Å². The van der Waals surface area contributed by atoms with Crippen molar-refractivity contribution in [3.8, 4) is 51.4 Å². The van der Waals surface area contributed by atoms with Crippen LogP contribution in [0.4, 0.5) is 0 Å². The molecule has 0 aliphatic carbocycles. The number of ketones is 1. The SMILES string of the molecule is COc1cc(-c2cc3c(c(CO)c2C2Oc4cc(O)cc(O)c4C(=O)C2O)OC(O)=C(O)O3)ccc1O. The Balaban J connectivity index is 1.79. The van der Waals surface area contributed by atoms with Gasteiger partial charge in [0.15, 0.2) is 35.2 Å². The Labute approximate surface area is 208 Å². The summed E-state index contributed by atoms with van der Waals surface area (Å²) in [6.45, 7) is -0.767. The van der Waals surface area contributed by atoms with Crippen molar-refractivity contribution in [3.05, 3.63) is 65.0 Å². The molecule has 2 aliphatic heterocycles.